The fraction of sp³-hybridized carbons (Fsp3) is 0.214. The van der Waals surface area contributed by atoms with Crippen molar-refractivity contribution in [2.24, 2.45) is 5.73 Å². The molecule has 0 radical (unpaired) electrons. The highest BCUT2D eigenvalue weighted by Crippen LogP contribution is 2.19. The van der Waals surface area contributed by atoms with Crippen molar-refractivity contribution in [2.75, 3.05) is 0 Å². The largest absolute Gasteiger partial charge is 0.473 e. The molecule has 0 saturated heterocycles. The average molecular weight is 307 g/mol. The second-order valence-corrected chi connectivity index (χ2v) is 4.95. The second-order valence-electron chi connectivity index (χ2n) is 4.10. The van der Waals surface area contributed by atoms with Gasteiger partial charge in [0.15, 0.2) is 0 Å². The highest BCUT2D eigenvalue weighted by atomic mass is 79.9. The van der Waals surface area contributed by atoms with Gasteiger partial charge in [0.05, 0.1) is 0 Å². The lowest BCUT2D eigenvalue weighted by atomic mass is 10.1. The minimum atomic E-state index is -0.0150. The van der Waals surface area contributed by atoms with E-state index in [1.54, 1.807) is 6.20 Å². The first-order chi connectivity index (χ1) is 8.66. The van der Waals surface area contributed by atoms with E-state index in [-0.39, 0.29) is 6.04 Å². The molecule has 0 fully saturated rings. The van der Waals surface area contributed by atoms with E-state index in [0.717, 1.165) is 15.6 Å². The van der Waals surface area contributed by atoms with Crippen LogP contribution in [0, 0.1) is 0 Å². The van der Waals surface area contributed by atoms with E-state index in [9.17, 15) is 0 Å². The smallest absolute Gasteiger partial charge is 0.213 e. The summed E-state index contributed by atoms with van der Waals surface area (Å²) in [6, 6.07) is 11.7. The van der Waals surface area contributed by atoms with Gasteiger partial charge in [0.25, 0.3) is 0 Å². The van der Waals surface area contributed by atoms with Gasteiger partial charge in [-0.15, -0.1) is 0 Å². The molecule has 2 N–H and O–H groups in total. The van der Waals surface area contributed by atoms with Crippen molar-refractivity contribution in [1.82, 2.24) is 4.98 Å². The summed E-state index contributed by atoms with van der Waals surface area (Å²) in [6.45, 7) is 2.42. The van der Waals surface area contributed by atoms with Crippen LogP contribution in [0.25, 0.3) is 0 Å². The summed E-state index contributed by atoms with van der Waals surface area (Å²) >= 11 is 3.49. The zero-order chi connectivity index (χ0) is 13.0. The van der Waals surface area contributed by atoms with E-state index < -0.39 is 0 Å². The standard InChI is InChI=1S/C14H15BrN2O/c1-10(16)11-6-7-17-14(8-11)18-9-12-4-2-3-5-13(12)15/h2-8,10H,9,16H2,1H3. The molecule has 0 spiro atoms. The summed E-state index contributed by atoms with van der Waals surface area (Å²) < 4.78 is 6.70. The fourth-order valence-electron chi connectivity index (χ4n) is 1.55. The molecule has 18 heavy (non-hydrogen) atoms. The van der Waals surface area contributed by atoms with Gasteiger partial charge in [-0.1, -0.05) is 34.1 Å². The van der Waals surface area contributed by atoms with Crippen LogP contribution in [0.2, 0.25) is 0 Å². The van der Waals surface area contributed by atoms with Crippen molar-refractivity contribution in [3.63, 3.8) is 0 Å². The number of halogens is 1. The molecule has 94 valence electrons. The molecule has 0 aliphatic rings. The van der Waals surface area contributed by atoms with Gasteiger partial charge >= 0.3 is 0 Å². The summed E-state index contributed by atoms with van der Waals surface area (Å²) in [6.07, 6.45) is 1.72. The zero-order valence-electron chi connectivity index (χ0n) is 10.1. The molecule has 0 bridgehead atoms. The second kappa shape index (κ2) is 5.98. The Hall–Kier alpha value is -1.39. The molecule has 1 aromatic carbocycles. The number of nitrogens with two attached hydrogens (primary N) is 1. The molecule has 3 nitrogen and oxygen atoms in total. The highest BCUT2D eigenvalue weighted by molar-refractivity contribution is 9.10. The Bertz CT molecular complexity index is 529. The van der Waals surface area contributed by atoms with Crippen LogP contribution in [0.3, 0.4) is 0 Å². The molecule has 4 heteroatoms. The van der Waals surface area contributed by atoms with Crippen molar-refractivity contribution in [3.8, 4) is 5.88 Å². The third-order valence-corrected chi connectivity index (χ3v) is 3.39. The highest BCUT2D eigenvalue weighted by Gasteiger charge is 2.04. The lowest BCUT2D eigenvalue weighted by Gasteiger charge is -2.09. The molecular weight excluding hydrogens is 292 g/mol. The van der Waals surface area contributed by atoms with Crippen LogP contribution in [0.1, 0.15) is 24.1 Å². The number of rotatable bonds is 4. The Morgan fingerprint density at radius 3 is 2.83 bits per heavy atom. The SMILES string of the molecule is CC(N)c1ccnc(OCc2ccccc2Br)c1. The number of hydrogen-bond acceptors (Lipinski definition) is 3. The molecular formula is C14H15BrN2O. The van der Waals surface area contributed by atoms with E-state index in [0.29, 0.717) is 12.5 Å². The normalized spacial score (nSPS) is 12.2. The lowest BCUT2D eigenvalue weighted by molar-refractivity contribution is 0.292. The molecule has 1 unspecified atom stereocenters. The van der Waals surface area contributed by atoms with Crippen molar-refractivity contribution in [1.29, 1.82) is 0 Å². The van der Waals surface area contributed by atoms with E-state index >= 15 is 0 Å². The van der Waals surface area contributed by atoms with Crippen molar-refractivity contribution in [3.05, 3.63) is 58.2 Å². The number of hydrogen-bond donors (Lipinski definition) is 1. The number of benzene rings is 1. The Kier molecular flexibility index (Phi) is 4.33. The van der Waals surface area contributed by atoms with E-state index in [2.05, 4.69) is 20.9 Å². The lowest BCUT2D eigenvalue weighted by Crippen LogP contribution is -2.06. The van der Waals surface area contributed by atoms with Gasteiger partial charge in [0.2, 0.25) is 5.88 Å². The molecule has 1 heterocycles. The third kappa shape index (κ3) is 3.31. The van der Waals surface area contributed by atoms with Crippen LogP contribution in [0.5, 0.6) is 5.88 Å². The summed E-state index contributed by atoms with van der Waals surface area (Å²) in [7, 11) is 0. The maximum absolute atomic E-state index is 5.82. The van der Waals surface area contributed by atoms with E-state index in [1.165, 1.54) is 0 Å². The predicted octanol–water partition coefficient (Wildman–Crippen LogP) is 3.44. The molecule has 0 aliphatic carbocycles. The maximum atomic E-state index is 5.82. The Labute approximate surface area is 115 Å². The summed E-state index contributed by atoms with van der Waals surface area (Å²) in [5, 5.41) is 0. The fourth-order valence-corrected chi connectivity index (χ4v) is 1.95. The van der Waals surface area contributed by atoms with Crippen molar-refractivity contribution >= 4 is 15.9 Å². The third-order valence-electron chi connectivity index (χ3n) is 2.62. The Morgan fingerprint density at radius 2 is 2.11 bits per heavy atom. The summed E-state index contributed by atoms with van der Waals surface area (Å²) in [5.41, 5.74) is 7.93. The number of ether oxygens (including phenoxy) is 1. The topological polar surface area (TPSA) is 48.1 Å². The molecule has 2 rings (SSSR count). The predicted molar refractivity (Wildman–Crippen MR) is 75.3 cm³/mol. The van der Waals surface area contributed by atoms with Crippen molar-refractivity contribution < 1.29 is 4.74 Å². The number of nitrogens with zero attached hydrogens (tertiary/aromatic N) is 1. The molecule has 1 atom stereocenters. The van der Waals surface area contributed by atoms with Gasteiger partial charge in [-0.25, -0.2) is 4.98 Å². The molecule has 0 aliphatic heterocycles. The van der Waals surface area contributed by atoms with Crippen LogP contribution in [-0.4, -0.2) is 4.98 Å². The van der Waals surface area contributed by atoms with Crippen LogP contribution in [-0.2, 0) is 6.61 Å². The van der Waals surface area contributed by atoms with Gasteiger partial charge in [-0.3, -0.25) is 0 Å². The first-order valence-electron chi connectivity index (χ1n) is 5.74. The zero-order valence-corrected chi connectivity index (χ0v) is 11.7. The average Bonchev–Trinajstić information content (AvgIpc) is 2.38. The summed E-state index contributed by atoms with van der Waals surface area (Å²) in [4.78, 5) is 4.17. The molecule has 0 amide bonds. The first kappa shape index (κ1) is 13.1. The Morgan fingerprint density at radius 1 is 1.33 bits per heavy atom. The maximum Gasteiger partial charge on any atom is 0.213 e. The Balaban J connectivity index is 2.07. The van der Waals surface area contributed by atoms with Gasteiger partial charge in [-0.05, 0) is 24.6 Å². The van der Waals surface area contributed by atoms with Crippen LogP contribution in [0.15, 0.2) is 47.1 Å². The minimum absolute atomic E-state index is 0.0150. The first-order valence-corrected chi connectivity index (χ1v) is 6.54. The van der Waals surface area contributed by atoms with Crippen molar-refractivity contribution in [2.45, 2.75) is 19.6 Å². The molecule has 0 saturated carbocycles. The number of pyridine rings is 1. The number of aromatic nitrogens is 1. The van der Waals surface area contributed by atoms with Crippen LogP contribution in [0.4, 0.5) is 0 Å². The van der Waals surface area contributed by atoms with Crippen LogP contribution < -0.4 is 10.5 Å². The molecule has 2 aromatic rings. The van der Waals surface area contributed by atoms with Gasteiger partial charge < -0.3 is 10.5 Å². The van der Waals surface area contributed by atoms with Gasteiger partial charge in [0.1, 0.15) is 6.61 Å². The van der Waals surface area contributed by atoms with Gasteiger partial charge in [0, 0.05) is 28.3 Å². The van der Waals surface area contributed by atoms with Gasteiger partial charge in [-0.2, -0.15) is 0 Å². The van der Waals surface area contributed by atoms with E-state index in [1.807, 2.05) is 43.3 Å². The molecule has 1 aromatic heterocycles. The minimum Gasteiger partial charge on any atom is -0.473 e. The van der Waals surface area contributed by atoms with Crippen LogP contribution >= 0.6 is 15.9 Å². The summed E-state index contributed by atoms with van der Waals surface area (Å²) in [5.74, 6) is 0.598. The monoisotopic (exact) mass is 306 g/mol. The van der Waals surface area contributed by atoms with E-state index in [4.69, 9.17) is 10.5 Å². The quantitative estimate of drug-likeness (QED) is 0.941.